The first kappa shape index (κ1) is 25.6. The highest BCUT2D eigenvalue weighted by atomic mass is 35.5. The smallest absolute Gasteiger partial charge is 0.419 e. The van der Waals surface area contributed by atoms with Gasteiger partial charge in [0.25, 0.3) is 0 Å². The number of ether oxygens (including phenoxy) is 2. The second-order valence-electron chi connectivity index (χ2n) is 8.51. The van der Waals surface area contributed by atoms with Crippen LogP contribution in [0.15, 0.2) is 42.5 Å². The van der Waals surface area contributed by atoms with E-state index in [0.717, 1.165) is 4.57 Å². The number of hydrogen-bond acceptors (Lipinski definition) is 6. The fourth-order valence-electron chi connectivity index (χ4n) is 3.42. The number of anilines is 1. The Kier molecular flexibility index (Phi) is 7.89. The van der Waals surface area contributed by atoms with Gasteiger partial charge in [-0.2, -0.15) is 0 Å². The number of benzene rings is 2. The fraction of sp³-hybridized carbons (Fsp3) is 0.320. The number of carbonyl (C=O) groups excluding carboxylic acids is 3. The lowest BCUT2D eigenvalue weighted by Crippen LogP contribution is -2.29. The maximum Gasteiger partial charge on any atom is 0.419 e. The largest absolute Gasteiger partial charge is 0.461 e. The molecule has 2 aromatic carbocycles. The zero-order chi connectivity index (χ0) is 25.0. The molecule has 0 amide bonds. The third kappa shape index (κ3) is 5.72. The lowest BCUT2D eigenvalue weighted by molar-refractivity contribution is 0.0455. The Balaban J connectivity index is 2.08. The van der Waals surface area contributed by atoms with Gasteiger partial charge in [-0.1, -0.05) is 53.5 Å². The number of halogens is 2. The minimum Gasteiger partial charge on any atom is -0.461 e. The van der Waals surface area contributed by atoms with Crippen molar-refractivity contribution in [3.05, 3.63) is 63.8 Å². The molecule has 1 N–H and O–H groups in total. The van der Waals surface area contributed by atoms with Crippen molar-refractivity contribution in [1.82, 2.24) is 4.57 Å². The van der Waals surface area contributed by atoms with Gasteiger partial charge in [0.1, 0.15) is 5.60 Å². The van der Waals surface area contributed by atoms with E-state index in [1.807, 2.05) is 6.07 Å². The summed E-state index contributed by atoms with van der Waals surface area (Å²) in [6, 6.07) is 11.9. The van der Waals surface area contributed by atoms with Crippen molar-refractivity contribution in [2.24, 2.45) is 0 Å². The summed E-state index contributed by atoms with van der Waals surface area (Å²) in [5.74, 6) is -0.795. The second kappa shape index (κ2) is 10.5. The van der Waals surface area contributed by atoms with Crippen molar-refractivity contribution in [2.75, 3.05) is 18.5 Å². The molecular weight excluding hydrogens is 479 g/mol. The van der Waals surface area contributed by atoms with Gasteiger partial charge in [0, 0.05) is 23.9 Å². The van der Waals surface area contributed by atoms with E-state index in [4.69, 9.17) is 32.7 Å². The second-order valence-corrected chi connectivity index (χ2v) is 9.32. The number of fused-ring (bicyclic) bond motifs is 1. The Hall–Kier alpha value is -3.03. The van der Waals surface area contributed by atoms with Gasteiger partial charge >= 0.3 is 12.1 Å². The third-order valence-electron chi connectivity index (χ3n) is 4.80. The molecule has 0 atom stereocenters. The summed E-state index contributed by atoms with van der Waals surface area (Å²) < 4.78 is 11.9. The molecule has 7 nitrogen and oxygen atoms in total. The topological polar surface area (TPSA) is 86.6 Å². The van der Waals surface area contributed by atoms with Crippen molar-refractivity contribution in [3.8, 4) is 0 Å². The van der Waals surface area contributed by atoms with Gasteiger partial charge < -0.3 is 14.8 Å². The van der Waals surface area contributed by atoms with Crippen LogP contribution in [-0.2, 0) is 9.47 Å². The first-order valence-electron chi connectivity index (χ1n) is 10.8. The SMILES string of the molecule is CCOC(=O)c1c(NCCC(=O)c2ccccc2)c2cc(Cl)c(Cl)cc2n1C(=O)OC(C)(C)C. The minimum atomic E-state index is -0.814. The van der Waals surface area contributed by atoms with Gasteiger partial charge in [-0.15, -0.1) is 0 Å². The van der Waals surface area contributed by atoms with Crippen molar-refractivity contribution < 1.29 is 23.9 Å². The van der Waals surface area contributed by atoms with Crippen LogP contribution in [0.3, 0.4) is 0 Å². The Morgan fingerprint density at radius 3 is 2.29 bits per heavy atom. The Morgan fingerprint density at radius 1 is 1.03 bits per heavy atom. The fourth-order valence-corrected chi connectivity index (χ4v) is 3.74. The summed E-state index contributed by atoms with van der Waals surface area (Å²) in [5.41, 5.74) is 0.339. The van der Waals surface area contributed by atoms with Crippen LogP contribution in [0.1, 0.15) is 55.0 Å². The molecule has 0 saturated carbocycles. The first-order valence-corrected chi connectivity index (χ1v) is 11.5. The molecule has 0 aliphatic heterocycles. The zero-order valence-corrected chi connectivity index (χ0v) is 20.9. The van der Waals surface area contributed by atoms with Gasteiger partial charge in [-0.3, -0.25) is 4.79 Å². The summed E-state index contributed by atoms with van der Waals surface area (Å²) in [5, 5.41) is 4.05. The van der Waals surface area contributed by atoms with E-state index in [2.05, 4.69) is 5.32 Å². The Bertz CT molecular complexity index is 1230. The Labute approximate surface area is 207 Å². The molecule has 0 aliphatic carbocycles. The van der Waals surface area contributed by atoms with E-state index >= 15 is 0 Å². The monoisotopic (exact) mass is 504 g/mol. The van der Waals surface area contributed by atoms with Crippen LogP contribution in [0.4, 0.5) is 10.5 Å². The average Bonchev–Trinajstić information content (AvgIpc) is 3.07. The predicted octanol–water partition coefficient (Wildman–Crippen LogP) is 6.59. The molecule has 180 valence electrons. The van der Waals surface area contributed by atoms with Crippen LogP contribution in [0, 0.1) is 0 Å². The van der Waals surface area contributed by atoms with Crippen LogP contribution >= 0.6 is 23.2 Å². The Morgan fingerprint density at radius 2 is 1.68 bits per heavy atom. The van der Waals surface area contributed by atoms with Crippen molar-refractivity contribution in [1.29, 1.82) is 0 Å². The molecule has 1 heterocycles. The highest BCUT2D eigenvalue weighted by Crippen LogP contribution is 2.37. The number of rotatable bonds is 7. The average molecular weight is 505 g/mol. The normalized spacial score (nSPS) is 11.4. The van der Waals surface area contributed by atoms with Gasteiger partial charge in [-0.25, -0.2) is 14.2 Å². The highest BCUT2D eigenvalue weighted by Gasteiger charge is 2.31. The van der Waals surface area contributed by atoms with E-state index in [0.29, 0.717) is 22.2 Å². The van der Waals surface area contributed by atoms with Crippen LogP contribution in [0.2, 0.25) is 10.0 Å². The number of nitrogens with zero attached hydrogens (tertiary/aromatic N) is 1. The van der Waals surface area contributed by atoms with Gasteiger partial charge in [0.05, 0.1) is 27.9 Å². The lowest BCUT2D eigenvalue weighted by atomic mass is 10.1. The van der Waals surface area contributed by atoms with E-state index in [1.54, 1.807) is 58.0 Å². The van der Waals surface area contributed by atoms with Crippen molar-refractivity contribution in [3.63, 3.8) is 0 Å². The van der Waals surface area contributed by atoms with Crippen LogP contribution in [-0.4, -0.2) is 41.2 Å². The molecule has 0 fully saturated rings. The molecule has 0 saturated heterocycles. The molecule has 0 unspecified atom stereocenters. The maximum atomic E-state index is 13.2. The molecule has 0 aliphatic rings. The van der Waals surface area contributed by atoms with Crippen LogP contribution in [0.25, 0.3) is 10.9 Å². The maximum absolute atomic E-state index is 13.2. The van der Waals surface area contributed by atoms with Gasteiger partial charge in [0.15, 0.2) is 11.5 Å². The number of carbonyl (C=O) groups is 3. The van der Waals surface area contributed by atoms with Crippen molar-refractivity contribution >= 4 is 57.6 Å². The molecule has 9 heteroatoms. The quantitative estimate of drug-likeness (QED) is 0.288. The summed E-state index contributed by atoms with van der Waals surface area (Å²) in [6.45, 7) is 7.13. The van der Waals surface area contributed by atoms with Crippen LogP contribution in [0.5, 0.6) is 0 Å². The predicted molar refractivity (Wildman–Crippen MR) is 133 cm³/mol. The summed E-state index contributed by atoms with van der Waals surface area (Å²) >= 11 is 12.5. The highest BCUT2D eigenvalue weighted by molar-refractivity contribution is 6.43. The van der Waals surface area contributed by atoms with E-state index in [1.165, 1.54) is 6.07 Å². The number of hydrogen-bond donors (Lipinski definition) is 1. The molecule has 1 aromatic heterocycles. The number of nitrogens with one attached hydrogen (secondary N) is 1. The number of aromatic nitrogens is 1. The van der Waals surface area contributed by atoms with E-state index in [-0.39, 0.29) is 41.1 Å². The minimum absolute atomic E-state index is 0.0587. The molecule has 0 bridgehead atoms. The van der Waals surface area contributed by atoms with Crippen LogP contribution < -0.4 is 5.32 Å². The van der Waals surface area contributed by atoms with Gasteiger partial charge in [-0.05, 0) is 39.8 Å². The van der Waals surface area contributed by atoms with Gasteiger partial charge in [0.2, 0.25) is 0 Å². The van der Waals surface area contributed by atoms with Crippen molar-refractivity contribution in [2.45, 2.75) is 39.7 Å². The summed E-state index contributed by atoms with van der Waals surface area (Å²) in [4.78, 5) is 38.7. The molecule has 3 rings (SSSR count). The molecule has 34 heavy (non-hydrogen) atoms. The van der Waals surface area contributed by atoms with E-state index in [9.17, 15) is 14.4 Å². The first-order chi connectivity index (χ1) is 16.0. The number of Topliss-reactive ketones (excluding diaryl/α,β-unsaturated/α-hetero) is 1. The molecular formula is C25H26Cl2N2O5. The molecule has 0 radical (unpaired) electrons. The molecule has 3 aromatic rings. The lowest BCUT2D eigenvalue weighted by Gasteiger charge is -2.21. The summed E-state index contributed by atoms with van der Waals surface area (Å²) in [6.07, 6.45) is -0.612. The number of esters is 1. The standard InChI is InChI=1S/C25H26Cl2N2O5/c1-5-33-23(31)22-21(28-12-11-20(30)15-9-7-6-8-10-15)16-13-17(26)18(27)14-19(16)29(22)24(32)34-25(2,3)4/h6-10,13-14,28H,5,11-12H2,1-4H3. The van der Waals surface area contributed by atoms with E-state index < -0.39 is 17.7 Å². The molecule has 0 spiro atoms. The third-order valence-corrected chi connectivity index (χ3v) is 5.53. The number of ketones is 1. The summed E-state index contributed by atoms with van der Waals surface area (Å²) in [7, 11) is 0. The zero-order valence-electron chi connectivity index (χ0n) is 19.4.